The minimum Gasteiger partial charge on any atom is -0.437 e. The van der Waals surface area contributed by atoms with Crippen LogP contribution in [0.4, 0.5) is 32.0 Å². The summed E-state index contributed by atoms with van der Waals surface area (Å²) >= 11 is 0. The first kappa shape index (κ1) is 26.8. The number of benzene rings is 2. The van der Waals surface area contributed by atoms with E-state index in [4.69, 9.17) is 4.74 Å². The third-order valence-electron chi connectivity index (χ3n) is 4.97. The molecule has 0 spiro atoms. The molecule has 0 aliphatic rings. The topological polar surface area (TPSA) is 51.2 Å². The van der Waals surface area contributed by atoms with Gasteiger partial charge in [0.25, 0.3) is 0 Å². The van der Waals surface area contributed by atoms with E-state index in [0.717, 1.165) is 17.7 Å². The number of alkyl halides is 6. The normalized spacial score (nSPS) is 12.6. The number of nitrogens with one attached hydrogen (secondary N) is 1. The Morgan fingerprint density at radius 3 is 2.08 bits per heavy atom. The number of carbonyl (C=O) groups excluding carboxylic acids is 1. The molecule has 3 aromatic rings. The molecule has 0 unspecified atom stereocenters. The van der Waals surface area contributed by atoms with Gasteiger partial charge in [0.05, 0.1) is 11.1 Å². The van der Waals surface area contributed by atoms with Crippen LogP contribution in [0.15, 0.2) is 66.9 Å². The van der Waals surface area contributed by atoms with E-state index in [9.17, 15) is 31.1 Å². The molecule has 3 rings (SSSR count). The van der Waals surface area contributed by atoms with Crippen molar-refractivity contribution in [2.24, 2.45) is 0 Å². The molecule has 0 saturated carbocycles. The van der Waals surface area contributed by atoms with Crippen molar-refractivity contribution in [1.82, 2.24) is 4.98 Å². The highest BCUT2D eigenvalue weighted by molar-refractivity contribution is 6.02. The van der Waals surface area contributed by atoms with Gasteiger partial charge in [-0.05, 0) is 53.5 Å². The highest BCUT2D eigenvalue weighted by atomic mass is 19.4. The van der Waals surface area contributed by atoms with Gasteiger partial charge < -0.3 is 10.1 Å². The number of carbonyl (C=O) groups is 1. The van der Waals surface area contributed by atoms with E-state index in [2.05, 4.69) is 10.3 Å². The first-order valence-corrected chi connectivity index (χ1v) is 10.7. The molecule has 2 aromatic carbocycles. The second kappa shape index (κ2) is 10.0. The number of halogens is 6. The second-order valence-corrected chi connectivity index (χ2v) is 8.87. The van der Waals surface area contributed by atoms with Crippen molar-refractivity contribution >= 4 is 17.7 Å². The zero-order chi connectivity index (χ0) is 26.7. The Balaban J connectivity index is 1.85. The lowest BCUT2D eigenvalue weighted by atomic mass is 9.86. The summed E-state index contributed by atoms with van der Waals surface area (Å²) in [6.07, 6.45) is -6.84. The lowest BCUT2D eigenvalue weighted by Crippen LogP contribution is -2.13. The Morgan fingerprint density at radius 1 is 0.889 bits per heavy atom. The van der Waals surface area contributed by atoms with Crippen molar-refractivity contribution in [2.45, 2.75) is 38.5 Å². The van der Waals surface area contributed by atoms with E-state index in [1.54, 1.807) is 12.1 Å². The number of anilines is 1. The third kappa shape index (κ3) is 6.87. The molecule has 10 heteroatoms. The molecule has 190 valence electrons. The van der Waals surface area contributed by atoms with Gasteiger partial charge in [0.2, 0.25) is 11.8 Å². The summed E-state index contributed by atoms with van der Waals surface area (Å²) in [7, 11) is 0. The van der Waals surface area contributed by atoms with Crippen molar-refractivity contribution < 1.29 is 35.9 Å². The molecule has 0 saturated heterocycles. The van der Waals surface area contributed by atoms with Gasteiger partial charge in [0, 0.05) is 17.8 Å². The van der Waals surface area contributed by atoms with Gasteiger partial charge in [-0.3, -0.25) is 4.79 Å². The van der Waals surface area contributed by atoms with Crippen LogP contribution >= 0.6 is 0 Å². The maximum atomic E-state index is 13.1. The number of rotatable bonds is 5. The van der Waals surface area contributed by atoms with E-state index in [1.807, 2.05) is 32.9 Å². The van der Waals surface area contributed by atoms with Crippen molar-refractivity contribution in [1.29, 1.82) is 0 Å². The number of ether oxygens (including phenoxy) is 1. The molecule has 1 heterocycles. The summed E-state index contributed by atoms with van der Waals surface area (Å²) in [6, 6.07) is 11.4. The SMILES string of the molecule is CC(C)(C)c1ccccc1Oc1ncccc1NC(=O)/C=C/c1cc(C(F)(F)F)cc(C(F)(F)F)c1. The van der Waals surface area contributed by atoms with Gasteiger partial charge >= 0.3 is 12.4 Å². The van der Waals surface area contributed by atoms with Crippen molar-refractivity contribution in [3.8, 4) is 11.6 Å². The number of hydrogen-bond donors (Lipinski definition) is 1. The molecule has 0 aliphatic carbocycles. The van der Waals surface area contributed by atoms with Crippen LogP contribution in [-0.2, 0) is 22.6 Å². The molecule has 1 amide bonds. The fourth-order valence-electron chi connectivity index (χ4n) is 3.27. The Hall–Kier alpha value is -3.82. The number of aromatic nitrogens is 1. The zero-order valence-corrected chi connectivity index (χ0v) is 19.5. The third-order valence-corrected chi connectivity index (χ3v) is 4.97. The monoisotopic (exact) mass is 508 g/mol. The Morgan fingerprint density at radius 2 is 1.50 bits per heavy atom. The van der Waals surface area contributed by atoms with E-state index < -0.39 is 35.0 Å². The number of amides is 1. The van der Waals surface area contributed by atoms with Crippen LogP contribution in [0.25, 0.3) is 6.08 Å². The summed E-state index contributed by atoms with van der Waals surface area (Å²) in [4.78, 5) is 16.6. The summed E-state index contributed by atoms with van der Waals surface area (Å²) in [5, 5.41) is 2.49. The van der Waals surface area contributed by atoms with Gasteiger partial charge in [0.1, 0.15) is 11.4 Å². The predicted molar refractivity (Wildman–Crippen MR) is 124 cm³/mol. The highest BCUT2D eigenvalue weighted by Crippen LogP contribution is 2.37. The van der Waals surface area contributed by atoms with E-state index in [-0.39, 0.29) is 23.0 Å². The van der Waals surface area contributed by atoms with Crippen molar-refractivity contribution in [3.05, 3.63) is 89.1 Å². The fraction of sp³-hybridized carbons (Fsp3) is 0.231. The number of pyridine rings is 1. The Kier molecular flexibility index (Phi) is 7.47. The van der Waals surface area contributed by atoms with E-state index in [1.165, 1.54) is 18.3 Å². The number of hydrogen-bond acceptors (Lipinski definition) is 3. The smallest absolute Gasteiger partial charge is 0.416 e. The minimum absolute atomic E-state index is 0.0199. The van der Waals surface area contributed by atoms with Crippen LogP contribution in [-0.4, -0.2) is 10.9 Å². The summed E-state index contributed by atoms with van der Waals surface area (Å²) in [5.41, 5.74) is -2.59. The molecule has 0 fully saturated rings. The van der Waals surface area contributed by atoms with Gasteiger partial charge in [-0.25, -0.2) is 4.98 Å². The summed E-state index contributed by atoms with van der Waals surface area (Å²) in [6.45, 7) is 6.00. The molecule has 0 bridgehead atoms. The molecule has 1 aromatic heterocycles. The lowest BCUT2D eigenvalue weighted by Gasteiger charge is -2.22. The predicted octanol–water partition coefficient (Wildman–Crippen LogP) is 7.86. The first-order chi connectivity index (χ1) is 16.6. The van der Waals surface area contributed by atoms with E-state index >= 15 is 0 Å². The molecule has 0 atom stereocenters. The average Bonchev–Trinajstić information content (AvgIpc) is 2.77. The van der Waals surface area contributed by atoms with Crippen molar-refractivity contribution in [3.63, 3.8) is 0 Å². The molecule has 1 N–H and O–H groups in total. The molecule has 36 heavy (non-hydrogen) atoms. The maximum absolute atomic E-state index is 13.1. The van der Waals surface area contributed by atoms with Gasteiger partial charge in [-0.2, -0.15) is 26.3 Å². The van der Waals surface area contributed by atoms with Crippen LogP contribution in [0, 0.1) is 0 Å². The summed E-state index contributed by atoms with van der Waals surface area (Å²) in [5.74, 6) is -0.226. The first-order valence-electron chi connectivity index (χ1n) is 10.7. The van der Waals surface area contributed by atoms with Crippen LogP contribution in [0.5, 0.6) is 11.6 Å². The van der Waals surface area contributed by atoms with Crippen LogP contribution in [0.3, 0.4) is 0 Å². The Bertz CT molecular complexity index is 1240. The van der Waals surface area contributed by atoms with Gasteiger partial charge in [-0.15, -0.1) is 0 Å². The lowest BCUT2D eigenvalue weighted by molar-refractivity contribution is -0.143. The van der Waals surface area contributed by atoms with Crippen LogP contribution < -0.4 is 10.1 Å². The maximum Gasteiger partial charge on any atom is 0.416 e. The molecular formula is C26H22F6N2O2. The van der Waals surface area contributed by atoms with Crippen molar-refractivity contribution in [2.75, 3.05) is 5.32 Å². The molecule has 4 nitrogen and oxygen atoms in total. The standard InChI is InChI=1S/C26H22F6N2O2/c1-24(2,3)19-7-4-5-9-21(19)36-23-20(8-6-12-33-23)34-22(35)11-10-16-13-17(25(27,28)29)15-18(14-16)26(30,31)32/h4-15H,1-3H3,(H,34,35)/b11-10+. The summed E-state index contributed by atoms with van der Waals surface area (Å²) < 4.78 is 84.3. The van der Waals surface area contributed by atoms with Gasteiger partial charge in [-0.1, -0.05) is 39.0 Å². The fourth-order valence-corrected chi connectivity index (χ4v) is 3.27. The highest BCUT2D eigenvalue weighted by Gasteiger charge is 2.36. The second-order valence-electron chi connectivity index (χ2n) is 8.87. The van der Waals surface area contributed by atoms with Crippen LogP contribution in [0.1, 0.15) is 43.0 Å². The number of nitrogens with zero attached hydrogens (tertiary/aromatic N) is 1. The van der Waals surface area contributed by atoms with Gasteiger partial charge in [0.15, 0.2) is 0 Å². The quantitative estimate of drug-likeness (QED) is 0.282. The number of para-hydroxylation sites is 1. The minimum atomic E-state index is -4.99. The Labute approximate surface area is 203 Å². The van der Waals surface area contributed by atoms with Crippen LogP contribution in [0.2, 0.25) is 0 Å². The zero-order valence-electron chi connectivity index (χ0n) is 19.5. The molecular weight excluding hydrogens is 486 g/mol. The average molecular weight is 508 g/mol. The molecule has 0 aliphatic heterocycles. The molecule has 0 radical (unpaired) electrons. The largest absolute Gasteiger partial charge is 0.437 e. The van der Waals surface area contributed by atoms with E-state index in [0.29, 0.717) is 17.9 Å².